The predicted molar refractivity (Wildman–Crippen MR) is 96.8 cm³/mol. The van der Waals surface area contributed by atoms with Gasteiger partial charge in [-0.3, -0.25) is 0 Å². The molecule has 0 aromatic carbocycles. The van der Waals surface area contributed by atoms with E-state index in [9.17, 15) is 0 Å². The molecule has 96 valence electrons. The molecule has 0 N–H and O–H groups in total. The minimum absolute atomic E-state index is 0.971. The molecule has 0 aliphatic heterocycles. The monoisotopic (exact) mass is 430 g/mol. The van der Waals surface area contributed by atoms with Crippen molar-refractivity contribution in [3.05, 3.63) is 50.0 Å². The zero-order valence-corrected chi connectivity index (χ0v) is 15.2. The van der Waals surface area contributed by atoms with Gasteiger partial charge >= 0.3 is 0 Å². The Labute approximate surface area is 140 Å². The quantitative estimate of drug-likeness (QED) is 0.408. The summed E-state index contributed by atoms with van der Waals surface area (Å²) in [6.45, 7) is 0. The van der Waals surface area contributed by atoms with Crippen molar-refractivity contribution in [3.8, 4) is 19.5 Å². The van der Waals surface area contributed by atoms with Crippen LogP contribution in [0.3, 0.4) is 0 Å². The van der Waals surface area contributed by atoms with Gasteiger partial charge < -0.3 is 0 Å². The molecule has 5 heteroatoms. The Morgan fingerprint density at radius 1 is 0.842 bits per heavy atom. The number of thiophene rings is 3. The Morgan fingerprint density at radius 3 is 2.21 bits per heavy atom. The van der Waals surface area contributed by atoms with Crippen molar-refractivity contribution in [2.45, 2.75) is 0 Å². The summed E-state index contributed by atoms with van der Waals surface area (Å²) >= 11 is 12.2. The van der Waals surface area contributed by atoms with E-state index in [1.807, 2.05) is 11.3 Å². The van der Waals surface area contributed by atoms with Crippen molar-refractivity contribution in [3.63, 3.8) is 0 Å². The highest BCUT2D eigenvalue weighted by Crippen LogP contribution is 2.39. The Morgan fingerprint density at radius 2 is 1.53 bits per heavy atom. The van der Waals surface area contributed by atoms with E-state index in [0.717, 1.165) is 3.39 Å². The Balaban J connectivity index is 1.91. The van der Waals surface area contributed by atoms with Gasteiger partial charge in [-0.05, 0) is 73.6 Å². The van der Waals surface area contributed by atoms with Crippen molar-refractivity contribution in [1.82, 2.24) is 0 Å². The molecule has 0 amide bonds. The lowest BCUT2D eigenvalue weighted by atomic mass is 10.3. The minimum Gasteiger partial charge on any atom is -0.143 e. The van der Waals surface area contributed by atoms with E-state index < -0.39 is 0 Å². The van der Waals surface area contributed by atoms with Crippen molar-refractivity contribution < 1.29 is 0 Å². The van der Waals surface area contributed by atoms with Gasteiger partial charge in [0.2, 0.25) is 0 Å². The van der Waals surface area contributed by atoms with Gasteiger partial charge in [0.15, 0.2) is 0 Å². The first-order valence-electron chi connectivity index (χ1n) is 5.49. The fourth-order valence-corrected chi connectivity index (χ4v) is 5.37. The zero-order valence-electron chi connectivity index (χ0n) is 9.60. The summed E-state index contributed by atoms with van der Waals surface area (Å²) < 4.78 is 0.971. The van der Waals surface area contributed by atoms with Crippen LogP contribution in [0, 0.1) is 0 Å². The highest BCUT2D eigenvalue weighted by molar-refractivity contribution is 9.28. The first-order valence-corrected chi connectivity index (χ1v) is 9.59. The van der Waals surface area contributed by atoms with Crippen LogP contribution in [0.2, 0.25) is 0 Å². The van der Waals surface area contributed by atoms with Gasteiger partial charge in [0.25, 0.3) is 0 Å². The summed E-state index contributed by atoms with van der Waals surface area (Å²) in [6, 6.07) is 13.0. The van der Waals surface area contributed by atoms with Crippen LogP contribution in [-0.2, 0) is 0 Å². The van der Waals surface area contributed by atoms with Crippen molar-refractivity contribution >= 4 is 71.9 Å². The highest BCUT2D eigenvalue weighted by Gasteiger charge is 2.07. The third kappa shape index (κ3) is 3.28. The molecule has 0 aliphatic rings. The molecule has 3 rings (SSSR count). The van der Waals surface area contributed by atoms with E-state index in [4.69, 9.17) is 0 Å². The van der Waals surface area contributed by atoms with Gasteiger partial charge in [-0.15, -0.1) is 34.0 Å². The molecule has 3 aromatic rings. The van der Waals surface area contributed by atoms with Crippen LogP contribution in [0.4, 0.5) is 0 Å². The average Bonchev–Trinajstić information content (AvgIpc) is 3.09. The lowest BCUT2D eigenvalue weighted by Crippen LogP contribution is -1.57. The van der Waals surface area contributed by atoms with Crippen LogP contribution in [-0.4, -0.2) is 0 Å². The Hall–Kier alpha value is -0.200. The second-order valence-corrected chi connectivity index (χ2v) is 9.70. The van der Waals surface area contributed by atoms with Crippen molar-refractivity contribution in [2.24, 2.45) is 0 Å². The topological polar surface area (TPSA) is 0 Å². The normalized spacial score (nSPS) is 10.6. The molecule has 3 aromatic heterocycles. The molecule has 0 radical (unpaired) electrons. The second-order valence-electron chi connectivity index (χ2n) is 3.78. The molecule has 19 heavy (non-hydrogen) atoms. The third-order valence-electron chi connectivity index (χ3n) is 2.49. The van der Waals surface area contributed by atoms with E-state index in [0.29, 0.717) is 0 Å². The summed E-state index contributed by atoms with van der Waals surface area (Å²) in [7, 11) is 0. The zero-order chi connectivity index (χ0) is 13.2. The molecule has 0 nitrogen and oxygen atoms in total. The van der Waals surface area contributed by atoms with Crippen LogP contribution >= 0.6 is 65.9 Å². The van der Waals surface area contributed by atoms with Crippen LogP contribution in [0.5, 0.6) is 0 Å². The summed E-state index contributed by atoms with van der Waals surface area (Å²) in [4.78, 5) is 6.58. The van der Waals surface area contributed by atoms with Gasteiger partial charge in [-0.1, -0.05) is 6.07 Å². The number of rotatable bonds is 3. The highest BCUT2D eigenvalue weighted by atomic mass is 79.9. The smallest absolute Gasteiger partial charge is 0.0618 e. The predicted octanol–water partition coefficient (Wildman–Crippen LogP) is 7.29. The SMILES string of the molecule is BrC(Br)=Cc1ccc(-c2ccc(-c3cccs3)s2)s1. The van der Waals surface area contributed by atoms with Gasteiger partial charge in [-0.2, -0.15) is 0 Å². The van der Waals surface area contributed by atoms with Gasteiger partial charge in [0.1, 0.15) is 0 Å². The van der Waals surface area contributed by atoms with Gasteiger partial charge in [0, 0.05) is 24.4 Å². The van der Waals surface area contributed by atoms with Gasteiger partial charge in [-0.25, -0.2) is 0 Å². The summed E-state index contributed by atoms with van der Waals surface area (Å²) in [6.07, 6.45) is 2.07. The molecular formula is C14H8Br2S3. The first kappa shape index (κ1) is 13.8. The molecule has 0 saturated heterocycles. The lowest BCUT2D eigenvalue weighted by molar-refractivity contribution is 1.90. The molecule has 0 spiro atoms. The first-order chi connectivity index (χ1) is 9.22. The molecule has 0 fully saturated rings. The Kier molecular flexibility index (Phi) is 4.39. The average molecular weight is 432 g/mol. The molecule has 3 heterocycles. The summed E-state index contributed by atoms with van der Waals surface area (Å²) in [5.41, 5.74) is 0. The molecule has 0 bridgehead atoms. The minimum atomic E-state index is 0.971. The lowest BCUT2D eigenvalue weighted by Gasteiger charge is -1.90. The largest absolute Gasteiger partial charge is 0.143 e. The van der Waals surface area contributed by atoms with E-state index in [1.54, 1.807) is 22.7 Å². The van der Waals surface area contributed by atoms with E-state index in [-0.39, 0.29) is 0 Å². The molecular weight excluding hydrogens is 424 g/mol. The molecule has 0 saturated carbocycles. The van der Waals surface area contributed by atoms with Crippen molar-refractivity contribution in [1.29, 1.82) is 0 Å². The van der Waals surface area contributed by atoms with E-state index in [1.165, 1.54) is 24.4 Å². The number of hydrogen-bond acceptors (Lipinski definition) is 3. The molecule has 0 unspecified atom stereocenters. The third-order valence-corrected chi connectivity index (χ3v) is 6.33. The van der Waals surface area contributed by atoms with Crippen molar-refractivity contribution in [2.75, 3.05) is 0 Å². The number of hydrogen-bond donors (Lipinski definition) is 0. The second kappa shape index (κ2) is 6.06. The van der Waals surface area contributed by atoms with E-state index in [2.05, 4.69) is 79.7 Å². The van der Waals surface area contributed by atoms with Gasteiger partial charge in [0.05, 0.1) is 3.39 Å². The van der Waals surface area contributed by atoms with Crippen LogP contribution < -0.4 is 0 Å². The summed E-state index contributed by atoms with van der Waals surface area (Å²) in [5, 5.41) is 2.12. The Bertz CT molecular complexity index is 701. The fourth-order valence-electron chi connectivity index (χ4n) is 1.69. The van der Waals surface area contributed by atoms with Crippen LogP contribution in [0.1, 0.15) is 4.88 Å². The summed E-state index contributed by atoms with van der Waals surface area (Å²) in [5.74, 6) is 0. The fraction of sp³-hybridized carbons (Fsp3) is 0. The maximum atomic E-state index is 3.40. The maximum Gasteiger partial charge on any atom is 0.0618 e. The maximum absolute atomic E-state index is 3.40. The van der Waals surface area contributed by atoms with E-state index >= 15 is 0 Å². The molecule has 0 aliphatic carbocycles. The standard InChI is InChI=1S/C14H8Br2S3/c15-14(16)8-9-3-4-12(18-9)13-6-5-11(19-13)10-2-1-7-17-10/h1-8H. The van der Waals surface area contributed by atoms with Crippen LogP contribution in [0.15, 0.2) is 45.2 Å². The molecule has 0 atom stereocenters. The number of halogens is 2. The van der Waals surface area contributed by atoms with Crippen LogP contribution in [0.25, 0.3) is 25.6 Å².